The molecule has 4 N–H and O–H groups in total. The number of rotatable bonds is 6. The SMILES string of the molecule is COc1ccc(S(=O)(=O)NCC2(O)C=CCCC2)cc1C(N)=O. The Bertz CT molecular complexity index is 729. The van der Waals surface area contributed by atoms with Gasteiger partial charge in [0.25, 0.3) is 5.91 Å². The second kappa shape index (κ2) is 6.69. The van der Waals surface area contributed by atoms with Crippen molar-refractivity contribution >= 4 is 15.9 Å². The van der Waals surface area contributed by atoms with Gasteiger partial charge < -0.3 is 15.6 Å². The van der Waals surface area contributed by atoms with Crippen molar-refractivity contribution in [3.8, 4) is 5.75 Å². The van der Waals surface area contributed by atoms with Crippen molar-refractivity contribution in [2.75, 3.05) is 13.7 Å². The molecule has 0 heterocycles. The van der Waals surface area contributed by atoms with Crippen molar-refractivity contribution < 1.29 is 23.1 Å². The van der Waals surface area contributed by atoms with Crippen molar-refractivity contribution in [3.05, 3.63) is 35.9 Å². The summed E-state index contributed by atoms with van der Waals surface area (Å²) in [6.07, 6.45) is 5.60. The molecule has 23 heavy (non-hydrogen) atoms. The molecule has 0 saturated carbocycles. The standard InChI is InChI=1S/C15H20N2O5S/c1-22-13-6-5-11(9-12(13)14(16)18)23(20,21)17-10-15(19)7-3-2-4-8-15/h3,5-7,9,17,19H,2,4,8,10H2,1H3,(H2,16,18). The lowest BCUT2D eigenvalue weighted by molar-refractivity contribution is 0.0797. The van der Waals surface area contributed by atoms with Gasteiger partial charge >= 0.3 is 0 Å². The molecule has 0 bridgehead atoms. The van der Waals surface area contributed by atoms with Gasteiger partial charge in [-0.3, -0.25) is 4.79 Å². The zero-order valence-electron chi connectivity index (χ0n) is 12.8. The first-order valence-corrected chi connectivity index (χ1v) is 8.63. The number of allylic oxidation sites excluding steroid dienone is 1. The lowest BCUT2D eigenvalue weighted by Crippen LogP contribution is -2.42. The first kappa shape index (κ1) is 17.5. The molecule has 8 heteroatoms. The van der Waals surface area contributed by atoms with Crippen LogP contribution in [0.25, 0.3) is 0 Å². The monoisotopic (exact) mass is 340 g/mol. The molecule has 126 valence electrons. The first-order valence-electron chi connectivity index (χ1n) is 7.15. The molecular formula is C15H20N2O5S. The van der Waals surface area contributed by atoms with Gasteiger partial charge in [0, 0.05) is 6.54 Å². The number of benzene rings is 1. The summed E-state index contributed by atoms with van der Waals surface area (Å²) in [4.78, 5) is 11.3. The molecule has 1 aliphatic carbocycles. The van der Waals surface area contributed by atoms with Gasteiger partial charge in [-0.2, -0.15) is 0 Å². The minimum Gasteiger partial charge on any atom is -0.496 e. The molecular weight excluding hydrogens is 320 g/mol. The van der Waals surface area contributed by atoms with E-state index < -0.39 is 21.5 Å². The minimum atomic E-state index is -3.89. The number of carbonyl (C=O) groups is 1. The third kappa shape index (κ3) is 4.10. The van der Waals surface area contributed by atoms with Crippen LogP contribution in [0.2, 0.25) is 0 Å². The average molecular weight is 340 g/mol. The number of hydrogen-bond donors (Lipinski definition) is 3. The number of hydrogen-bond acceptors (Lipinski definition) is 5. The average Bonchev–Trinajstić information content (AvgIpc) is 2.53. The van der Waals surface area contributed by atoms with E-state index in [1.165, 1.54) is 19.2 Å². The highest BCUT2D eigenvalue weighted by Crippen LogP contribution is 2.24. The van der Waals surface area contributed by atoms with Gasteiger partial charge in [0.2, 0.25) is 10.0 Å². The van der Waals surface area contributed by atoms with E-state index in [-0.39, 0.29) is 22.8 Å². The molecule has 1 aromatic carbocycles. The van der Waals surface area contributed by atoms with Crippen molar-refractivity contribution in [2.45, 2.75) is 29.8 Å². The Morgan fingerprint density at radius 3 is 2.78 bits per heavy atom. The van der Waals surface area contributed by atoms with Crippen LogP contribution in [0.1, 0.15) is 29.6 Å². The summed E-state index contributed by atoms with van der Waals surface area (Å²) >= 11 is 0. The highest BCUT2D eigenvalue weighted by molar-refractivity contribution is 7.89. The summed E-state index contributed by atoms with van der Waals surface area (Å²) in [5.41, 5.74) is 4.02. The van der Waals surface area contributed by atoms with Crippen LogP contribution in [-0.2, 0) is 10.0 Å². The van der Waals surface area contributed by atoms with Crippen LogP contribution in [0.3, 0.4) is 0 Å². The Balaban J connectivity index is 2.22. The summed E-state index contributed by atoms with van der Waals surface area (Å²) in [6.45, 7) is -0.135. The maximum atomic E-state index is 12.4. The number of nitrogens with two attached hydrogens (primary N) is 1. The van der Waals surface area contributed by atoms with E-state index in [2.05, 4.69) is 4.72 Å². The zero-order valence-corrected chi connectivity index (χ0v) is 13.6. The molecule has 1 aromatic rings. The fourth-order valence-electron chi connectivity index (χ4n) is 2.41. The Hall–Kier alpha value is -1.90. The first-order chi connectivity index (χ1) is 10.8. The molecule has 0 aromatic heterocycles. The Kier molecular flexibility index (Phi) is 5.08. The lowest BCUT2D eigenvalue weighted by Gasteiger charge is -2.27. The third-order valence-electron chi connectivity index (χ3n) is 3.72. The molecule has 7 nitrogen and oxygen atoms in total. The second-order valence-electron chi connectivity index (χ2n) is 5.45. The summed E-state index contributed by atoms with van der Waals surface area (Å²) < 4.78 is 32.1. The normalized spacial score (nSPS) is 21.1. The van der Waals surface area contributed by atoms with Gasteiger partial charge in [-0.25, -0.2) is 13.1 Å². The molecule has 0 fully saturated rings. The van der Waals surface area contributed by atoms with Gasteiger partial charge in [0.05, 0.1) is 23.2 Å². The van der Waals surface area contributed by atoms with Gasteiger partial charge in [-0.1, -0.05) is 12.2 Å². The summed E-state index contributed by atoms with van der Waals surface area (Å²) in [6, 6.07) is 3.84. The highest BCUT2D eigenvalue weighted by atomic mass is 32.2. The van der Waals surface area contributed by atoms with Crippen LogP contribution in [0.4, 0.5) is 0 Å². The van der Waals surface area contributed by atoms with Crippen molar-refractivity contribution in [1.29, 1.82) is 0 Å². The second-order valence-corrected chi connectivity index (χ2v) is 7.22. The van der Waals surface area contributed by atoms with Crippen LogP contribution in [0.5, 0.6) is 5.75 Å². The summed E-state index contributed by atoms with van der Waals surface area (Å²) in [7, 11) is -2.53. The molecule has 1 atom stereocenters. The fourth-order valence-corrected chi connectivity index (χ4v) is 3.54. The molecule has 0 spiro atoms. The lowest BCUT2D eigenvalue weighted by atomic mass is 9.91. The molecule has 1 amide bonds. The number of methoxy groups -OCH3 is 1. The summed E-state index contributed by atoms with van der Waals surface area (Å²) in [5, 5.41) is 10.3. The zero-order chi connectivity index (χ0) is 17.1. The van der Waals surface area contributed by atoms with E-state index in [4.69, 9.17) is 10.5 Å². The van der Waals surface area contributed by atoms with Crippen molar-refractivity contribution in [1.82, 2.24) is 4.72 Å². The molecule has 1 aliphatic rings. The molecule has 0 aliphatic heterocycles. The quantitative estimate of drug-likeness (QED) is 0.653. The highest BCUT2D eigenvalue weighted by Gasteiger charge is 2.28. The third-order valence-corrected chi connectivity index (χ3v) is 5.12. The molecule has 1 unspecified atom stereocenters. The van der Waals surface area contributed by atoms with Crippen molar-refractivity contribution in [3.63, 3.8) is 0 Å². The van der Waals surface area contributed by atoms with E-state index in [1.807, 2.05) is 6.08 Å². The van der Waals surface area contributed by atoms with E-state index in [1.54, 1.807) is 6.08 Å². The number of sulfonamides is 1. The number of amides is 1. The predicted octanol–water partition coefficient (Wildman–Crippen LogP) is 0.544. The Labute approximate surface area is 135 Å². The largest absolute Gasteiger partial charge is 0.496 e. The number of primary amides is 1. The maximum Gasteiger partial charge on any atom is 0.252 e. The number of ether oxygens (including phenoxy) is 1. The van der Waals surface area contributed by atoms with Crippen molar-refractivity contribution in [2.24, 2.45) is 5.73 Å². The number of nitrogens with one attached hydrogen (secondary N) is 1. The maximum absolute atomic E-state index is 12.4. The van der Waals surface area contributed by atoms with E-state index in [9.17, 15) is 18.3 Å². The van der Waals surface area contributed by atoms with Crippen LogP contribution in [0, 0.1) is 0 Å². The Morgan fingerprint density at radius 1 is 1.48 bits per heavy atom. The summed E-state index contributed by atoms with van der Waals surface area (Å²) in [5.74, 6) is -0.585. The van der Waals surface area contributed by atoms with Gasteiger partial charge in [-0.15, -0.1) is 0 Å². The molecule has 0 saturated heterocycles. The smallest absolute Gasteiger partial charge is 0.252 e. The molecule has 0 radical (unpaired) electrons. The molecule has 2 rings (SSSR count). The van der Waals surface area contributed by atoms with Crippen LogP contribution < -0.4 is 15.2 Å². The van der Waals surface area contributed by atoms with Crippen LogP contribution in [-0.4, -0.2) is 38.7 Å². The fraction of sp³-hybridized carbons (Fsp3) is 0.400. The van der Waals surface area contributed by atoms with E-state index in [0.29, 0.717) is 6.42 Å². The topological polar surface area (TPSA) is 119 Å². The number of aliphatic hydroxyl groups is 1. The van der Waals surface area contributed by atoms with E-state index >= 15 is 0 Å². The minimum absolute atomic E-state index is 0.0216. The van der Waals surface area contributed by atoms with Crippen LogP contribution >= 0.6 is 0 Å². The predicted molar refractivity (Wildman–Crippen MR) is 84.6 cm³/mol. The van der Waals surface area contributed by atoms with Gasteiger partial charge in [0.1, 0.15) is 5.75 Å². The Morgan fingerprint density at radius 2 is 2.22 bits per heavy atom. The van der Waals surface area contributed by atoms with Crippen LogP contribution in [0.15, 0.2) is 35.2 Å². The van der Waals surface area contributed by atoms with Gasteiger partial charge in [-0.05, 0) is 37.5 Å². The van der Waals surface area contributed by atoms with Gasteiger partial charge in [0.15, 0.2) is 0 Å². The van der Waals surface area contributed by atoms with E-state index in [0.717, 1.165) is 18.9 Å². The number of carbonyl (C=O) groups excluding carboxylic acids is 1.